The largest absolute Gasteiger partial charge is 0.465 e. The zero-order valence-electron chi connectivity index (χ0n) is 10.7. The summed E-state index contributed by atoms with van der Waals surface area (Å²) in [6, 6.07) is 0.832. The standard InChI is InChI=1S/C11H7BrCl3FN2O4/c1-22-8(19)4-2-3-5(12)6(16)7(4)18(10(17)21)9(20)11(13,14)15/h2-3H,1H3,(H2,17,21). The first-order chi connectivity index (χ1) is 10.0. The minimum absolute atomic E-state index is 0.0549. The zero-order valence-corrected chi connectivity index (χ0v) is 14.6. The van der Waals surface area contributed by atoms with E-state index in [1.54, 1.807) is 0 Å². The lowest BCUT2D eigenvalue weighted by Gasteiger charge is -2.24. The van der Waals surface area contributed by atoms with E-state index in [1.165, 1.54) is 6.07 Å². The van der Waals surface area contributed by atoms with Crippen molar-refractivity contribution in [2.45, 2.75) is 3.79 Å². The van der Waals surface area contributed by atoms with Gasteiger partial charge in [-0.1, -0.05) is 34.8 Å². The third-order valence-electron chi connectivity index (χ3n) is 2.36. The Kier molecular flexibility index (Phi) is 6.03. The third-order valence-corrected chi connectivity index (χ3v) is 3.46. The van der Waals surface area contributed by atoms with Crippen molar-refractivity contribution in [1.82, 2.24) is 0 Å². The Bertz CT molecular complexity index is 651. The molecule has 120 valence electrons. The summed E-state index contributed by atoms with van der Waals surface area (Å²) in [6.45, 7) is 0. The van der Waals surface area contributed by atoms with Crippen LogP contribution in [-0.4, -0.2) is 28.8 Å². The summed E-state index contributed by atoms with van der Waals surface area (Å²) in [7, 11) is 1.03. The lowest BCUT2D eigenvalue weighted by atomic mass is 10.1. The molecule has 0 bridgehead atoms. The summed E-state index contributed by atoms with van der Waals surface area (Å²) in [6.07, 6.45) is 0. The average molecular weight is 436 g/mol. The van der Waals surface area contributed by atoms with Crippen LogP contribution in [0.5, 0.6) is 0 Å². The Hall–Kier alpha value is -1.09. The van der Waals surface area contributed by atoms with Crippen molar-refractivity contribution in [2.75, 3.05) is 12.0 Å². The smallest absolute Gasteiger partial charge is 0.340 e. The Balaban J connectivity index is 3.68. The lowest BCUT2D eigenvalue weighted by Crippen LogP contribution is -2.47. The van der Waals surface area contributed by atoms with E-state index < -0.39 is 38.8 Å². The molecule has 0 radical (unpaired) electrons. The number of amides is 3. The number of hydrogen-bond donors (Lipinski definition) is 1. The Labute approximate surface area is 147 Å². The predicted octanol–water partition coefficient (Wildman–Crippen LogP) is 3.16. The molecule has 0 spiro atoms. The molecule has 1 aromatic rings. The Morgan fingerprint density at radius 1 is 1.32 bits per heavy atom. The number of benzene rings is 1. The summed E-state index contributed by atoms with van der Waals surface area (Å²) in [5.41, 5.74) is 3.81. The number of nitrogens with two attached hydrogens (primary N) is 1. The van der Waals surface area contributed by atoms with Gasteiger partial charge in [0.1, 0.15) is 5.69 Å². The molecule has 1 aromatic carbocycles. The highest BCUT2D eigenvalue weighted by atomic mass is 79.9. The molecule has 6 nitrogen and oxygen atoms in total. The number of esters is 1. The number of anilines is 1. The predicted molar refractivity (Wildman–Crippen MR) is 82.8 cm³/mol. The number of halogens is 5. The van der Waals surface area contributed by atoms with Gasteiger partial charge in [0.05, 0.1) is 17.1 Å². The van der Waals surface area contributed by atoms with Crippen molar-refractivity contribution in [2.24, 2.45) is 5.73 Å². The summed E-state index contributed by atoms with van der Waals surface area (Å²) >= 11 is 19.1. The number of ether oxygens (including phenoxy) is 1. The van der Waals surface area contributed by atoms with Gasteiger partial charge in [0, 0.05) is 0 Å². The first-order valence-corrected chi connectivity index (χ1v) is 7.22. The van der Waals surface area contributed by atoms with Gasteiger partial charge in [-0.05, 0) is 28.1 Å². The fourth-order valence-corrected chi connectivity index (χ4v) is 2.05. The van der Waals surface area contributed by atoms with E-state index >= 15 is 0 Å². The summed E-state index contributed by atoms with van der Waals surface area (Å²) < 4.78 is 16.0. The number of alkyl halides is 3. The highest BCUT2D eigenvalue weighted by Gasteiger charge is 2.41. The van der Waals surface area contributed by atoms with Crippen molar-refractivity contribution in [3.8, 4) is 0 Å². The molecular weight excluding hydrogens is 429 g/mol. The first-order valence-electron chi connectivity index (χ1n) is 5.29. The minimum Gasteiger partial charge on any atom is -0.465 e. The molecule has 0 atom stereocenters. The maximum atomic E-state index is 14.3. The first kappa shape index (κ1) is 19.0. The molecule has 3 amide bonds. The van der Waals surface area contributed by atoms with Crippen LogP contribution in [0.15, 0.2) is 16.6 Å². The lowest BCUT2D eigenvalue weighted by molar-refractivity contribution is -0.117. The van der Waals surface area contributed by atoms with Gasteiger partial charge in [0.15, 0.2) is 5.82 Å². The summed E-state index contributed by atoms with van der Waals surface area (Å²) in [4.78, 5) is 35.3. The highest BCUT2D eigenvalue weighted by molar-refractivity contribution is 9.10. The van der Waals surface area contributed by atoms with Crippen molar-refractivity contribution in [3.63, 3.8) is 0 Å². The molecule has 0 unspecified atom stereocenters. The fraction of sp³-hybridized carbons (Fsp3) is 0.182. The molecule has 0 aliphatic heterocycles. The average Bonchev–Trinajstić information content (AvgIpc) is 2.41. The van der Waals surface area contributed by atoms with Crippen molar-refractivity contribution in [3.05, 3.63) is 28.0 Å². The third kappa shape index (κ3) is 3.81. The number of rotatable bonds is 2. The number of methoxy groups -OCH3 is 1. The SMILES string of the molecule is COC(=O)c1ccc(Br)c(F)c1N(C(N)=O)C(=O)C(Cl)(Cl)Cl. The topological polar surface area (TPSA) is 89.7 Å². The maximum Gasteiger partial charge on any atom is 0.340 e. The van der Waals surface area contributed by atoms with E-state index in [2.05, 4.69) is 20.7 Å². The van der Waals surface area contributed by atoms with Crippen LogP contribution in [-0.2, 0) is 9.53 Å². The van der Waals surface area contributed by atoms with Gasteiger partial charge < -0.3 is 10.5 Å². The number of carbonyl (C=O) groups is 3. The van der Waals surface area contributed by atoms with E-state index in [0.29, 0.717) is 0 Å². The zero-order chi connectivity index (χ0) is 17.2. The number of urea groups is 1. The van der Waals surface area contributed by atoms with Crippen LogP contribution >= 0.6 is 50.7 Å². The number of carbonyl (C=O) groups excluding carboxylic acids is 3. The van der Waals surface area contributed by atoms with Crippen molar-refractivity contribution in [1.29, 1.82) is 0 Å². The molecule has 0 fully saturated rings. The molecule has 0 heterocycles. The minimum atomic E-state index is -2.60. The molecule has 2 N–H and O–H groups in total. The fourth-order valence-electron chi connectivity index (χ4n) is 1.47. The molecule has 0 aromatic heterocycles. The van der Waals surface area contributed by atoms with Crippen LogP contribution in [0.3, 0.4) is 0 Å². The second-order valence-corrected chi connectivity index (χ2v) is 6.86. The number of primary amides is 1. The van der Waals surface area contributed by atoms with Crippen LogP contribution in [0.2, 0.25) is 0 Å². The summed E-state index contributed by atoms with van der Waals surface area (Å²) in [5, 5.41) is 0. The van der Waals surface area contributed by atoms with Crippen LogP contribution in [0.4, 0.5) is 14.9 Å². The molecule has 0 saturated heterocycles. The van der Waals surface area contributed by atoms with Crippen LogP contribution in [0.25, 0.3) is 0 Å². The van der Waals surface area contributed by atoms with Gasteiger partial charge in [-0.2, -0.15) is 0 Å². The van der Waals surface area contributed by atoms with Crippen LogP contribution in [0, 0.1) is 5.82 Å². The maximum absolute atomic E-state index is 14.3. The Morgan fingerprint density at radius 2 is 1.86 bits per heavy atom. The Morgan fingerprint density at radius 3 is 2.27 bits per heavy atom. The summed E-state index contributed by atoms with van der Waals surface area (Å²) in [5.74, 6) is -3.61. The van der Waals surface area contributed by atoms with Crippen LogP contribution in [0.1, 0.15) is 10.4 Å². The van der Waals surface area contributed by atoms with Crippen molar-refractivity contribution >= 4 is 74.3 Å². The second-order valence-electron chi connectivity index (χ2n) is 3.73. The van der Waals surface area contributed by atoms with Gasteiger partial charge in [0.2, 0.25) is 0 Å². The second kappa shape index (κ2) is 6.99. The quantitative estimate of drug-likeness (QED) is 0.570. The monoisotopic (exact) mass is 434 g/mol. The molecule has 0 aliphatic carbocycles. The molecule has 0 saturated carbocycles. The normalized spacial score (nSPS) is 11.0. The van der Waals surface area contributed by atoms with Gasteiger partial charge >= 0.3 is 12.0 Å². The molecule has 1 rings (SSSR count). The van der Waals surface area contributed by atoms with E-state index in [0.717, 1.165) is 13.2 Å². The number of nitrogens with zero attached hydrogens (tertiary/aromatic N) is 1. The van der Waals surface area contributed by atoms with Gasteiger partial charge in [0.25, 0.3) is 9.70 Å². The van der Waals surface area contributed by atoms with Gasteiger partial charge in [-0.15, -0.1) is 0 Å². The van der Waals surface area contributed by atoms with E-state index in [-0.39, 0.29) is 9.37 Å². The van der Waals surface area contributed by atoms with E-state index in [4.69, 9.17) is 40.5 Å². The van der Waals surface area contributed by atoms with E-state index in [9.17, 15) is 18.8 Å². The molecule has 11 heteroatoms. The number of imide groups is 1. The van der Waals surface area contributed by atoms with Crippen molar-refractivity contribution < 1.29 is 23.5 Å². The highest BCUT2D eigenvalue weighted by Crippen LogP contribution is 2.36. The molecular formula is C11H7BrCl3FN2O4. The van der Waals surface area contributed by atoms with Gasteiger partial charge in [-0.3, -0.25) is 4.79 Å². The van der Waals surface area contributed by atoms with Gasteiger partial charge in [-0.25, -0.2) is 18.9 Å². The molecule has 0 aliphatic rings. The van der Waals surface area contributed by atoms with Crippen LogP contribution < -0.4 is 10.6 Å². The molecule has 22 heavy (non-hydrogen) atoms. The number of hydrogen-bond acceptors (Lipinski definition) is 4. The van der Waals surface area contributed by atoms with E-state index in [1.807, 2.05) is 0 Å².